The first-order valence-corrected chi connectivity index (χ1v) is 3.10. The summed E-state index contributed by atoms with van der Waals surface area (Å²) < 4.78 is 1.75. The predicted molar refractivity (Wildman–Crippen MR) is 39.6 cm³/mol. The number of pyridine rings is 1. The minimum Gasteiger partial charge on any atom is -0.350 e. The average Bonchev–Trinajstić information content (AvgIpc) is 2.33. The summed E-state index contributed by atoms with van der Waals surface area (Å²) in [7, 11) is 3.73. The van der Waals surface area contributed by atoms with Crippen molar-refractivity contribution in [3.05, 3.63) is 37.8 Å². The molecule has 0 aromatic carbocycles. The lowest BCUT2D eigenvalue weighted by molar-refractivity contribution is 1.04. The Morgan fingerprint density at radius 2 is 2.30 bits per heavy atom. The first kappa shape index (κ1) is 5.47. The van der Waals surface area contributed by atoms with Crippen LogP contribution in [0.5, 0.6) is 0 Å². The fourth-order valence-electron chi connectivity index (χ4n) is 0.983. The Kier molecular flexibility index (Phi) is 1.01. The Morgan fingerprint density at radius 3 is 3.20 bits per heavy atom. The van der Waals surface area contributed by atoms with Gasteiger partial charge in [-0.3, -0.25) is 4.98 Å². The summed E-state index contributed by atoms with van der Waals surface area (Å²) >= 11 is 0. The average molecular weight is 131 g/mol. The Labute approximate surface area is 59.5 Å². The highest BCUT2D eigenvalue weighted by atomic mass is 14.9. The second-order valence-corrected chi connectivity index (χ2v) is 2.24. The van der Waals surface area contributed by atoms with E-state index in [1.807, 2.05) is 24.5 Å². The molecule has 49 valence electrons. The molecule has 10 heavy (non-hydrogen) atoms. The molecule has 2 heterocycles. The van der Waals surface area contributed by atoms with Crippen LogP contribution in [0.3, 0.4) is 0 Å². The largest absolute Gasteiger partial charge is 0.350 e. The quantitative estimate of drug-likeness (QED) is 0.531. The molecule has 0 N–H and O–H groups in total. The lowest BCUT2D eigenvalue weighted by Gasteiger charge is -1.99. The smallest absolute Gasteiger partial charge is 0.0864 e. The topological polar surface area (TPSA) is 17.8 Å². The van der Waals surface area contributed by atoms with Crippen LogP contribution in [0.2, 0.25) is 0 Å². The maximum Gasteiger partial charge on any atom is 0.0864 e. The molecule has 1 radical (unpaired) electrons. The summed E-state index contributed by atoms with van der Waals surface area (Å²) in [5.74, 6) is 0. The van der Waals surface area contributed by atoms with Gasteiger partial charge in [0.05, 0.1) is 5.69 Å². The Bertz CT molecular complexity index is 311. The van der Waals surface area contributed by atoms with Crippen molar-refractivity contribution in [1.82, 2.24) is 9.55 Å². The van der Waals surface area contributed by atoms with E-state index in [1.54, 1.807) is 10.8 Å². The third kappa shape index (κ3) is 0.692. The third-order valence-electron chi connectivity index (χ3n) is 1.50. The number of aromatic nitrogens is 2. The second kappa shape index (κ2) is 1.84. The van der Waals surface area contributed by atoms with Gasteiger partial charge in [0.25, 0.3) is 0 Å². The van der Waals surface area contributed by atoms with Gasteiger partial charge in [0, 0.05) is 31.2 Å². The van der Waals surface area contributed by atoms with E-state index in [9.17, 15) is 0 Å². The van der Waals surface area contributed by atoms with Crippen molar-refractivity contribution in [3.8, 4) is 11.3 Å². The van der Waals surface area contributed by atoms with Crippen molar-refractivity contribution in [2.45, 2.75) is 0 Å². The summed E-state index contributed by atoms with van der Waals surface area (Å²) in [4.78, 5) is 4.12. The molecule has 0 saturated carbocycles. The van der Waals surface area contributed by atoms with Crippen LogP contribution in [0.4, 0.5) is 0 Å². The third-order valence-corrected chi connectivity index (χ3v) is 1.50. The summed E-state index contributed by atoms with van der Waals surface area (Å²) in [6.45, 7) is 0. The van der Waals surface area contributed by atoms with Crippen molar-refractivity contribution in [3.63, 3.8) is 0 Å². The van der Waals surface area contributed by atoms with Crippen LogP contribution in [0.15, 0.2) is 30.7 Å². The van der Waals surface area contributed by atoms with Gasteiger partial charge < -0.3 is 4.57 Å². The lowest BCUT2D eigenvalue weighted by atomic mass is 10.2. The van der Waals surface area contributed by atoms with Gasteiger partial charge in [0.2, 0.25) is 0 Å². The first-order valence-electron chi connectivity index (χ1n) is 3.10. The summed E-state index contributed by atoms with van der Waals surface area (Å²) in [5, 5.41) is 0. The second-order valence-electron chi connectivity index (χ2n) is 2.24. The minimum absolute atomic E-state index is 0.998. The van der Waals surface area contributed by atoms with Crippen LogP contribution in [-0.2, 0) is 0 Å². The number of nitrogens with zero attached hydrogens (tertiary/aromatic N) is 2. The zero-order valence-corrected chi connectivity index (χ0v) is 5.49. The summed E-state index contributed by atoms with van der Waals surface area (Å²) in [5.41, 5.74) is 2.16. The van der Waals surface area contributed by atoms with E-state index >= 15 is 0 Å². The van der Waals surface area contributed by atoms with E-state index in [2.05, 4.69) is 12.0 Å². The first-order chi connectivity index (χ1) is 4.86. The molecule has 2 rings (SSSR count). The molecule has 2 heteroatoms. The monoisotopic (exact) mass is 131 g/mol. The maximum atomic E-state index is 4.12. The predicted octanol–water partition coefficient (Wildman–Crippen LogP) is 1.63. The number of hydrogen-bond acceptors (Lipinski definition) is 1. The van der Waals surface area contributed by atoms with E-state index < -0.39 is 0 Å². The van der Waals surface area contributed by atoms with Gasteiger partial charge in [0.15, 0.2) is 0 Å². The highest BCUT2D eigenvalue weighted by Gasteiger charge is 2.00. The van der Waals surface area contributed by atoms with Crippen molar-refractivity contribution < 1.29 is 0 Å². The lowest BCUT2D eigenvalue weighted by Crippen LogP contribution is -1.87. The molecule has 0 amide bonds. The zero-order valence-electron chi connectivity index (χ0n) is 5.49. The molecule has 0 fully saturated rings. The van der Waals surface area contributed by atoms with Gasteiger partial charge in [-0.2, -0.15) is 0 Å². The minimum atomic E-state index is 0.998. The van der Waals surface area contributed by atoms with E-state index in [4.69, 9.17) is 0 Å². The van der Waals surface area contributed by atoms with Crippen LogP contribution in [0, 0.1) is 7.05 Å². The van der Waals surface area contributed by atoms with E-state index in [1.165, 1.54) is 5.56 Å². The molecule has 0 saturated heterocycles. The van der Waals surface area contributed by atoms with E-state index in [0.717, 1.165) is 5.69 Å². The van der Waals surface area contributed by atoms with Crippen LogP contribution in [-0.4, -0.2) is 9.55 Å². The fourth-order valence-corrected chi connectivity index (χ4v) is 0.983. The Balaban J connectivity index is 2.75. The summed E-state index contributed by atoms with van der Waals surface area (Å²) in [6, 6.07) is 3.98. The molecule has 0 aromatic heterocycles. The van der Waals surface area contributed by atoms with Crippen LogP contribution in [0.25, 0.3) is 11.3 Å². The van der Waals surface area contributed by atoms with Crippen LogP contribution < -0.4 is 0 Å². The van der Waals surface area contributed by atoms with Gasteiger partial charge in [0.1, 0.15) is 0 Å². The maximum absolute atomic E-state index is 4.12. The zero-order chi connectivity index (χ0) is 6.97. The van der Waals surface area contributed by atoms with Crippen molar-refractivity contribution in [1.29, 1.82) is 0 Å². The molecule has 2 nitrogen and oxygen atoms in total. The van der Waals surface area contributed by atoms with Crippen molar-refractivity contribution >= 4 is 0 Å². The number of fused-ring (bicyclic) bond motifs is 1. The molecule has 2 aliphatic heterocycles. The fraction of sp³-hybridized carbons (Fsp3) is 0. The van der Waals surface area contributed by atoms with Gasteiger partial charge in [-0.1, -0.05) is 0 Å². The van der Waals surface area contributed by atoms with Crippen LogP contribution in [0.1, 0.15) is 0 Å². The molecule has 0 aromatic rings. The Hall–Kier alpha value is -1.31. The van der Waals surface area contributed by atoms with Crippen molar-refractivity contribution in [2.75, 3.05) is 0 Å². The summed E-state index contributed by atoms with van der Waals surface area (Å²) in [6.07, 6.45) is 5.60. The molecule has 0 aliphatic carbocycles. The SMILES string of the molecule is [CH2]n1ccc2ccnc-2c1. The van der Waals surface area contributed by atoms with E-state index in [-0.39, 0.29) is 0 Å². The molecule has 0 atom stereocenters. The van der Waals surface area contributed by atoms with Gasteiger partial charge in [-0.25, -0.2) is 0 Å². The van der Waals surface area contributed by atoms with Crippen LogP contribution >= 0.6 is 0 Å². The van der Waals surface area contributed by atoms with Gasteiger partial charge in [-0.15, -0.1) is 0 Å². The molecule has 0 spiro atoms. The molecular weight excluding hydrogens is 124 g/mol. The van der Waals surface area contributed by atoms with E-state index in [0.29, 0.717) is 0 Å². The molecular formula is C8H7N2. The molecule has 2 aliphatic rings. The highest BCUT2D eigenvalue weighted by molar-refractivity contribution is 5.59. The van der Waals surface area contributed by atoms with Gasteiger partial charge >= 0.3 is 0 Å². The molecule has 0 unspecified atom stereocenters. The van der Waals surface area contributed by atoms with Gasteiger partial charge in [-0.05, 0) is 12.1 Å². The Morgan fingerprint density at radius 1 is 1.40 bits per heavy atom. The normalized spacial score (nSPS) is 10.5. The van der Waals surface area contributed by atoms with Crippen molar-refractivity contribution in [2.24, 2.45) is 0 Å². The standard InChI is InChI=1S/C8H7N2/c1-10-5-3-7-2-4-9-8(7)6-10/h2-6H,1H2. The number of rotatable bonds is 0. The molecule has 0 bridgehead atoms. The highest BCUT2D eigenvalue weighted by Crippen LogP contribution is 2.17. The number of hydrogen-bond donors (Lipinski definition) is 0.